The summed E-state index contributed by atoms with van der Waals surface area (Å²) in [7, 11) is 1.62. The molecule has 4 heterocycles. The molecule has 65 heavy (non-hydrogen) atoms. The van der Waals surface area contributed by atoms with Gasteiger partial charge in [0.25, 0.3) is 0 Å². The number of ether oxygens (including phenoxy) is 1. The van der Waals surface area contributed by atoms with E-state index in [2.05, 4.69) is 41.2 Å². The van der Waals surface area contributed by atoms with Crippen molar-refractivity contribution in [2.24, 2.45) is 0 Å². The maximum absolute atomic E-state index is 16.8. The first-order chi connectivity index (χ1) is 31.3. The summed E-state index contributed by atoms with van der Waals surface area (Å²) in [5.74, 6) is -0.293. The summed E-state index contributed by atoms with van der Waals surface area (Å²) in [5, 5.41) is 5.05. The summed E-state index contributed by atoms with van der Waals surface area (Å²) in [6.07, 6.45) is 7.39. The van der Waals surface area contributed by atoms with Gasteiger partial charge in [0, 0.05) is 45.6 Å². The van der Waals surface area contributed by atoms with Gasteiger partial charge in [0.15, 0.2) is 0 Å². The molecule has 2 unspecified atom stereocenters. The third-order valence-electron chi connectivity index (χ3n) is 12.7. The van der Waals surface area contributed by atoms with Crippen LogP contribution in [0, 0.1) is 26.6 Å². The lowest BCUT2D eigenvalue weighted by Gasteiger charge is -2.35. The third kappa shape index (κ3) is 7.77. The van der Waals surface area contributed by atoms with Crippen LogP contribution in [0.15, 0.2) is 110 Å². The number of anilines is 4. The Kier molecular flexibility index (Phi) is 10.9. The lowest BCUT2D eigenvalue weighted by Crippen LogP contribution is -2.36. The van der Waals surface area contributed by atoms with Gasteiger partial charge in [-0.15, -0.1) is 0 Å². The summed E-state index contributed by atoms with van der Waals surface area (Å²) in [4.78, 5) is 21.8. The molecule has 0 N–H and O–H groups in total. The predicted octanol–water partition coefficient (Wildman–Crippen LogP) is 13.1. The summed E-state index contributed by atoms with van der Waals surface area (Å²) < 4.78 is 69.3. The molecule has 0 radical (unpaired) electrons. The highest BCUT2D eigenvalue weighted by molar-refractivity contribution is 7.16. The molecular weight excluding hydrogens is 869 g/mol. The SMILES string of the molecule is COc1cc(N(c2nc3c(s2)CCCC3(C)c2ccccc2)N(c2ccc(-n3cnc(C)c3)c(F)c2)c2nc3c(s2)CCCC3c2ccc(C)c(C(F)(F)F)c2)ccc1-n1cnc(C)c1. The minimum absolute atomic E-state index is 0.175. The zero-order valence-electron chi connectivity index (χ0n) is 36.5. The Bertz CT molecular complexity index is 3050. The second-order valence-corrected chi connectivity index (χ2v) is 19.2. The van der Waals surface area contributed by atoms with Gasteiger partial charge < -0.3 is 13.9 Å². The number of imidazole rings is 2. The fraction of sp³-hybridized carbons (Fsp3) is 0.280. The van der Waals surface area contributed by atoms with E-state index in [4.69, 9.17) is 14.7 Å². The molecule has 0 aliphatic heterocycles. The van der Waals surface area contributed by atoms with Crippen molar-refractivity contribution >= 4 is 44.3 Å². The van der Waals surface area contributed by atoms with Crippen molar-refractivity contribution in [1.82, 2.24) is 29.1 Å². The fourth-order valence-electron chi connectivity index (χ4n) is 9.40. The zero-order valence-corrected chi connectivity index (χ0v) is 38.2. The van der Waals surface area contributed by atoms with E-state index >= 15 is 4.39 Å². The number of fused-ring (bicyclic) bond motifs is 2. The van der Waals surface area contributed by atoms with Crippen LogP contribution >= 0.6 is 22.7 Å². The number of halogens is 4. The van der Waals surface area contributed by atoms with Crippen LogP contribution in [-0.4, -0.2) is 36.2 Å². The molecule has 0 saturated carbocycles. The van der Waals surface area contributed by atoms with Gasteiger partial charge in [-0.3, -0.25) is 0 Å². The van der Waals surface area contributed by atoms with Crippen LogP contribution in [0.25, 0.3) is 11.4 Å². The quantitative estimate of drug-likeness (QED) is 0.0999. The maximum atomic E-state index is 16.8. The molecule has 15 heteroatoms. The van der Waals surface area contributed by atoms with E-state index in [9.17, 15) is 13.2 Å². The Hall–Kier alpha value is -6.32. The van der Waals surface area contributed by atoms with Crippen LogP contribution < -0.4 is 14.8 Å². The first-order valence-corrected chi connectivity index (χ1v) is 23.2. The summed E-state index contributed by atoms with van der Waals surface area (Å²) >= 11 is 3.06. The van der Waals surface area contributed by atoms with Crippen LogP contribution in [0.4, 0.5) is 39.2 Å². The second-order valence-electron chi connectivity index (χ2n) is 17.1. The van der Waals surface area contributed by atoms with Crippen LogP contribution in [0.1, 0.15) is 93.3 Å². The highest BCUT2D eigenvalue weighted by atomic mass is 32.1. The first-order valence-electron chi connectivity index (χ1n) is 21.6. The second kappa shape index (κ2) is 16.6. The highest BCUT2D eigenvalue weighted by Crippen LogP contribution is 2.50. The zero-order chi connectivity index (χ0) is 45.2. The van der Waals surface area contributed by atoms with Gasteiger partial charge in [-0.05, 0) is 113 Å². The summed E-state index contributed by atoms with van der Waals surface area (Å²) in [6, 6.07) is 26.1. The normalized spacial score (nSPS) is 17.2. The molecule has 4 aromatic carbocycles. The Morgan fingerprint density at radius 2 is 1.40 bits per heavy atom. The van der Waals surface area contributed by atoms with Crippen LogP contribution in [0.5, 0.6) is 5.75 Å². The summed E-state index contributed by atoms with van der Waals surface area (Å²) in [5.41, 5.74) is 6.45. The lowest BCUT2D eigenvalue weighted by molar-refractivity contribution is -0.138. The number of aryl methyl sites for hydroxylation is 5. The van der Waals surface area contributed by atoms with Gasteiger partial charge >= 0.3 is 6.18 Å². The van der Waals surface area contributed by atoms with E-state index in [-0.39, 0.29) is 16.9 Å². The minimum Gasteiger partial charge on any atom is -0.494 e. The molecule has 2 aliphatic rings. The Morgan fingerprint density at radius 3 is 2.06 bits per heavy atom. The number of rotatable bonds is 10. The summed E-state index contributed by atoms with van der Waals surface area (Å²) in [6.45, 7) is 7.52. The molecule has 9 nitrogen and oxygen atoms in total. The molecule has 332 valence electrons. The number of benzene rings is 4. The van der Waals surface area contributed by atoms with E-state index < -0.39 is 17.6 Å². The fourth-order valence-corrected chi connectivity index (χ4v) is 11.8. The number of alkyl halides is 3. The third-order valence-corrected chi connectivity index (χ3v) is 14.9. The largest absolute Gasteiger partial charge is 0.494 e. The molecule has 2 aliphatic carbocycles. The van der Waals surface area contributed by atoms with Gasteiger partial charge in [-0.25, -0.2) is 34.3 Å². The van der Waals surface area contributed by atoms with Crippen molar-refractivity contribution in [3.8, 4) is 17.1 Å². The molecule has 0 saturated heterocycles. The average Bonchev–Trinajstić information content (AvgIpc) is 4.13. The van der Waals surface area contributed by atoms with Gasteiger partial charge in [0.1, 0.15) is 11.6 Å². The molecule has 0 amide bonds. The van der Waals surface area contributed by atoms with Crippen LogP contribution in [-0.2, 0) is 24.4 Å². The maximum Gasteiger partial charge on any atom is 0.416 e. The van der Waals surface area contributed by atoms with Crippen molar-refractivity contribution in [3.05, 3.63) is 171 Å². The van der Waals surface area contributed by atoms with Gasteiger partial charge in [0.05, 0.1) is 70.9 Å². The number of nitrogens with zero attached hydrogens (tertiary/aromatic N) is 8. The first kappa shape index (κ1) is 42.6. The number of hydrazine groups is 1. The van der Waals surface area contributed by atoms with E-state index in [0.717, 1.165) is 63.9 Å². The van der Waals surface area contributed by atoms with E-state index in [1.54, 1.807) is 60.1 Å². The monoisotopic (exact) mass is 914 g/mol. The Morgan fingerprint density at radius 1 is 0.754 bits per heavy atom. The Labute approximate surface area is 382 Å². The lowest BCUT2D eigenvalue weighted by atomic mass is 9.72. The van der Waals surface area contributed by atoms with Gasteiger partial charge in [-0.2, -0.15) is 13.2 Å². The van der Waals surface area contributed by atoms with E-state index in [1.165, 1.54) is 36.0 Å². The highest BCUT2D eigenvalue weighted by Gasteiger charge is 2.40. The Balaban J connectivity index is 1.20. The number of hydrogen-bond donors (Lipinski definition) is 0. The van der Waals surface area contributed by atoms with Crippen molar-refractivity contribution in [1.29, 1.82) is 0 Å². The van der Waals surface area contributed by atoms with Gasteiger partial charge in [-0.1, -0.05) is 65.1 Å². The standard InChI is InChI=1S/C50H46F4N8OS2/c1-30-16-17-33(23-38(30)50(52,53)54)37-13-9-14-43-45(37)57-47(64-43)61(35-18-20-40(39(51)24-35)59-26-31(2)55-28-59)62(36-19-21-41(42(25-36)63-5)60-27-32(3)56-29-60)48-58-46-44(65-48)15-10-22-49(46,4)34-11-7-6-8-12-34/h6-8,11-12,16-21,23-29,37H,9-10,13-15,22H2,1-5H3. The molecule has 0 spiro atoms. The van der Waals surface area contributed by atoms with Crippen molar-refractivity contribution < 1.29 is 22.3 Å². The van der Waals surface area contributed by atoms with Crippen LogP contribution in [0.3, 0.4) is 0 Å². The van der Waals surface area contributed by atoms with Crippen molar-refractivity contribution in [3.63, 3.8) is 0 Å². The number of thiazole rings is 2. The molecule has 2 atom stereocenters. The number of hydrogen-bond acceptors (Lipinski definition) is 9. The minimum atomic E-state index is -4.50. The van der Waals surface area contributed by atoms with Crippen molar-refractivity contribution in [2.45, 2.75) is 83.7 Å². The number of methoxy groups -OCH3 is 1. The molecule has 4 aromatic heterocycles. The average molecular weight is 915 g/mol. The molecular formula is C50H46F4N8OS2. The number of aromatic nitrogens is 6. The molecule has 0 bridgehead atoms. The molecule has 0 fully saturated rings. The topological polar surface area (TPSA) is 77.1 Å². The van der Waals surface area contributed by atoms with Crippen molar-refractivity contribution in [2.75, 3.05) is 17.1 Å². The molecule has 8 aromatic rings. The van der Waals surface area contributed by atoms with E-state index in [0.29, 0.717) is 51.5 Å². The van der Waals surface area contributed by atoms with Gasteiger partial charge in [0.2, 0.25) is 10.3 Å². The molecule has 10 rings (SSSR count). The predicted molar refractivity (Wildman–Crippen MR) is 248 cm³/mol. The smallest absolute Gasteiger partial charge is 0.416 e. The van der Waals surface area contributed by atoms with E-state index in [1.807, 2.05) is 65.0 Å². The van der Waals surface area contributed by atoms with Crippen LogP contribution in [0.2, 0.25) is 0 Å².